The van der Waals surface area contributed by atoms with E-state index in [0.29, 0.717) is 24.5 Å². The van der Waals surface area contributed by atoms with E-state index in [1.807, 2.05) is 42.7 Å². The first-order valence-electron chi connectivity index (χ1n) is 9.97. The molecular weight excluding hydrogens is 398 g/mol. The first-order chi connectivity index (χ1) is 14.9. The van der Waals surface area contributed by atoms with Crippen molar-refractivity contribution in [1.82, 2.24) is 4.57 Å². The van der Waals surface area contributed by atoms with Crippen LogP contribution in [0, 0.1) is 13.8 Å². The number of rotatable bonds is 6. The summed E-state index contributed by atoms with van der Waals surface area (Å²) in [4.78, 5) is 24.8. The van der Waals surface area contributed by atoms with Gasteiger partial charge in [-0.1, -0.05) is 18.2 Å². The summed E-state index contributed by atoms with van der Waals surface area (Å²) in [5, 5.41) is 9.48. The molecule has 7 heteroatoms. The Bertz CT molecular complexity index is 1130. The summed E-state index contributed by atoms with van der Waals surface area (Å²) in [6.07, 6.45) is -0.189. The Morgan fingerprint density at radius 2 is 1.87 bits per heavy atom. The summed E-state index contributed by atoms with van der Waals surface area (Å²) in [6.45, 7) is 4.34. The van der Waals surface area contributed by atoms with Crippen LogP contribution in [0.2, 0.25) is 0 Å². The smallest absolute Gasteiger partial charge is 0.338 e. The molecule has 1 unspecified atom stereocenters. The Morgan fingerprint density at radius 3 is 2.65 bits per heavy atom. The third kappa shape index (κ3) is 4.40. The van der Waals surface area contributed by atoms with Gasteiger partial charge in [0, 0.05) is 17.0 Å². The number of benzene rings is 2. The van der Waals surface area contributed by atoms with Gasteiger partial charge in [-0.05, 0) is 50.2 Å². The second-order valence-electron chi connectivity index (χ2n) is 7.44. The number of esters is 1. The van der Waals surface area contributed by atoms with Gasteiger partial charge in [-0.15, -0.1) is 0 Å². The molecular formula is C24H23NO6. The van der Waals surface area contributed by atoms with Crippen LogP contribution in [0.4, 0.5) is 0 Å². The van der Waals surface area contributed by atoms with Gasteiger partial charge < -0.3 is 23.9 Å². The number of Topliss-reactive ketones (excluding diaryl/α,β-unsaturated/α-hetero) is 1. The van der Waals surface area contributed by atoms with Gasteiger partial charge in [0.05, 0.1) is 12.1 Å². The van der Waals surface area contributed by atoms with E-state index in [1.54, 1.807) is 6.07 Å². The van der Waals surface area contributed by atoms with E-state index < -0.39 is 5.97 Å². The zero-order valence-corrected chi connectivity index (χ0v) is 17.3. The number of aryl methyl sites for hydroxylation is 1. The monoisotopic (exact) mass is 421 g/mol. The Labute approximate surface area is 179 Å². The van der Waals surface area contributed by atoms with Gasteiger partial charge in [-0.2, -0.15) is 0 Å². The number of aromatic hydroxyl groups is 1. The molecule has 0 amide bonds. The molecule has 31 heavy (non-hydrogen) atoms. The zero-order valence-electron chi connectivity index (χ0n) is 17.3. The van der Waals surface area contributed by atoms with Crippen molar-refractivity contribution in [3.05, 3.63) is 77.1 Å². The summed E-state index contributed by atoms with van der Waals surface area (Å²) in [5.74, 6) is 0.435. The van der Waals surface area contributed by atoms with E-state index in [2.05, 4.69) is 0 Å². The third-order valence-electron chi connectivity index (χ3n) is 5.24. The van der Waals surface area contributed by atoms with Crippen molar-refractivity contribution in [3.8, 4) is 17.2 Å². The number of hydrogen-bond acceptors (Lipinski definition) is 6. The average molecular weight is 421 g/mol. The molecule has 1 aliphatic heterocycles. The van der Waals surface area contributed by atoms with Crippen molar-refractivity contribution in [3.63, 3.8) is 0 Å². The fourth-order valence-corrected chi connectivity index (χ4v) is 3.65. The van der Waals surface area contributed by atoms with Crippen LogP contribution >= 0.6 is 0 Å². The molecule has 0 spiro atoms. The fourth-order valence-electron chi connectivity index (χ4n) is 3.65. The van der Waals surface area contributed by atoms with Crippen molar-refractivity contribution in [1.29, 1.82) is 0 Å². The van der Waals surface area contributed by atoms with Gasteiger partial charge in [0.25, 0.3) is 0 Å². The van der Waals surface area contributed by atoms with E-state index in [-0.39, 0.29) is 29.8 Å². The number of phenolic OH excluding ortho intramolecular Hbond substituents is 1. The largest absolute Gasteiger partial charge is 0.508 e. The van der Waals surface area contributed by atoms with Gasteiger partial charge >= 0.3 is 5.97 Å². The number of hydrogen-bond donors (Lipinski definition) is 1. The number of ketones is 1. The lowest BCUT2D eigenvalue weighted by Gasteiger charge is -2.27. The minimum absolute atomic E-state index is 0.0409. The molecule has 2 aromatic carbocycles. The first-order valence-corrected chi connectivity index (χ1v) is 9.97. The van der Waals surface area contributed by atoms with Crippen LogP contribution in [0.25, 0.3) is 0 Å². The summed E-state index contributed by atoms with van der Waals surface area (Å²) in [6, 6.07) is 15.1. The van der Waals surface area contributed by atoms with Crippen LogP contribution in [-0.2, 0) is 11.3 Å². The van der Waals surface area contributed by atoms with Crippen LogP contribution in [0.15, 0.2) is 54.6 Å². The zero-order chi connectivity index (χ0) is 22.0. The Balaban J connectivity index is 1.42. The highest BCUT2D eigenvalue weighted by atomic mass is 16.6. The van der Waals surface area contributed by atoms with Gasteiger partial charge in [0.2, 0.25) is 5.78 Å². The molecule has 160 valence electrons. The van der Waals surface area contributed by atoms with E-state index >= 15 is 0 Å². The Kier molecular flexibility index (Phi) is 5.66. The SMILES string of the molecule is Cc1cc(C(=O)COC(=O)c2cccc(O)c2)c(C)n1CC1COc2ccccc2O1. The Hall–Kier alpha value is -3.74. The molecule has 4 rings (SSSR count). The topological polar surface area (TPSA) is 87.0 Å². The normalized spacial score (nSPS) is 14.8. The highest BCUT2D eigenvalue weighted by molar-refractivity contribution is 6.00. The fraction of sp³-hybridized carbons (Fsp3) is 0.250. The van der Waals surface area contributed by atoms with E-state index in [0.717, 1.165) is 17.1 Å². The highest BCUT2D eigenvalue weighted by Gasteiger charge is 2.24. The molecule has 1 N–H and O–H groups in total. The molecule has 1 aliphatic rings. The maximum atomic E-state index is 12.7. The predicted octanol–water partition coefficient (Wildman–Crippen LogP) is 3.69. The van der Waals surface area contributed by atoms with Crippen LogP contribution in [-0.4, -0.2) is 40.7 Å². The molecule has 1 aromatic heterocycles. The molecule has 1 atom stereocenters. The molecule has 3 aromatic rings. The number of nitrogens with zero attached hydrogens (tertiary/aromatic N) is 1. The summed E-state index contributed by atoms with van der Waals surface area (Å²) in [7, 11) is 0. The predicted molar refractivity (Wildman–Crippen MR) is 113 cm³/mol. The van der Waals surface area contributed by atoms with Gasteiger partial charge in [-0.3, -0.25) is 4.79 Å². The van der Waals surface area contributed by atoms with Crippen molar-refractivity contribution in [2.24, 2.45) is 0 Å². The van der Waals surface area contributed by atoms with Crippen molar-refractivity contribution in [2.45, 2.75) is 26.5 Å². The van der Waals surface area contributed by atoms with Crippen LogP contribution < -0.4 is 9.47 Å². The lowest BCUT2D eigenvalue weighted by atomic mass is 10.1. The van der Waals surface area contributed by atoms with E-state index in [9.17, 15) is 14.7 Å². The lowest BCUT2D eigenvalue weighted by molar-refractivity contribution is 0.0474. The Morgan fingerprint density at radius 1 is 1.10 bits per heavy atom. The number of carbonyl (C=O) groups is 2. The number of carbonyl (C=O) groups excluding carboxylic acids is 2. The molecule has 0 saturated carbocycles. The quantitative estimate of drug-likeness (QED) is 0.483. The number of ether oxygens (including phenoxy) is 3. The highest BCUT2D eigenvalue weighted by Crippen LogP contribution is 2.31. The summed E-state index contributed by atoms with van der Waals surface area (Å²) in [5.41, 5.74) is 2.37. The summed E-state index contributed by atoms with van der Waals surface area (Å²) >= 11 is 0. The molecule has 2 heterocycles. The minimum atomic E-state index is -0.663. The molecule has 0 radical (unpaired) electrons. The molecule has 0 aliphatic carbocycles. The van der Waals surface area contributed by atoms with Crippen molar-refractivity contribution < 1.29 is 28.9 Å². The maximum absolute atomic E-state index is 12.7. The first kappa shape index (κ1) is 20.5. The van der Waals surface area contributed by atoms with E-state index in [1.165, 1.54) is 24.3 Å². The number of para-hydroxylation sites is 2. The standard InChI is InChI=1S/C24H23NO6/c1-15-10-20(21(27)14-30-24(28)17-6-5-7-18(26)11-17)16(2)25(15)12-19-13-29-22-8-3-4-9-23(22)31-19/h3-11,19,26H,12-14H2,1-2H3. The van der Waals surface area contributed by atoms with Crippen molar-refractivity contribution >= 4 is 11.8 Å². The van der Waals surface area contributed by atoms with Crippen molar-refractivity contribution in [2.75, 3.05) is 13.2 Å². The number of aromatic nitrogens is 1. The average Bonchev–Trinajstić information content (AvgIpc) is 3.05. The third-order valence-corrected chi connectivity index (χ3v) is 5.24. The van der Waals surface area contributed by atoms with Crippen LogP contribution in [0.5, 0.6) is 17.2 Å². The number of fused-ring (bicyclic) bond motifs is 1. The second kappa shape index (κ2) is 8.55. The molecule has 0 bridgehead atoms. The number of phenols is 1. The van der Waals surface area contributed by atoms with Crippen LogP contribution in [0.1, 0.15) is 32.1 Å². The van der Waals surface area contributed by atoms with Gasteiger partial charge in [-0.25, -0.2) is 4.79 Å². The minimum Gasteiger partial charge on any atom is -0.508 e. The lowest BCUT2D eigenvalue weighted by Crippen LogP contribution is -2.33. The van der Waals surface area contributed by atoms with E-state index in [4.69, 9.17) is 14.2 Å². The van der Waals surface area contributed by atoms with Gasteiger partial charge in [0.1, 0.15) is 12.4 Å². The van der Waals surface area contributed by atoms with Gasteiger partial charge in [0.15, 0.2) is 24.2 Å². The second-order valence-corrected chi connectivity index (χ2v) is 7.44. The molecule has 0 saturated heterocycles. The molecule has 7 nitrogen and oxygen atoms in total. The maximum Gasteiger partial charge on any atom is 0.338 e. The molecule has 0 fully saturated rings. The van der Waals surface area contributed by atoms with Crippen LogP contribution in [0.3, 0.4) is 0 Å². The summed E-state index contributed by atoms with van der Waals surface area (Å²) < 4.78 is 19.0.